The average molecular weight is 156 g/mol. The van der Waals surface area contributed by atoms with Gasteiger partial charge in [-0.15, -0.1) is 12.3 Å². The van der Waals surface area contributed by atoms with Crippen molar-refractivity contribution in [2.45, 2.75) is 38.4 Å². The third-order valence-corrected chi connectivity index (χ3v) is 1.73. The molecule has 0 rings (SSSR count). The minimum atomic E-state index is -0.381. The van der Waals surface area contributed by atoms with Gasteiger partial charge in [-0.2, -0.15) is 0 Å². The lowest BCUT2D eigenvalue weighted by Crippen LogP contribution is -2.24. The third kappa shape index (κ3) is 4.83. The Hall–Kier alpha value is -0.520. The first kappa shape index (κ1) is 10.5. The maximum Gasteiger partial charge on any atom is 0.0802 e. The van der Waals surface area contributed by atoms with Crippen LogP contribution in [-0.4, -0.2) is 24.4 Å². The van der Waals surface area contributed by atoms with Crippen LogP contribution in [0.2, 0.25) is 0 Å². The summed E-state index contributed by atoms with van der Waals surface area (Å²) in [6.45, 7) is 1.85. The van der Waals surface area contributed by atoms with E-state index in [1.807, 2.05) is 6.92 Å². The number of methoxy groups -OCH3 is 1. The summed E-state index contributed by atoms with van der Waals surface area (Å²) in [5, 5.41) is 9.35. The number of aliphatic hydroxyl groups is 1. The zero-order chi connectivity index (χ0) is 8.69. The van der Waals surface area contributed by atoms with Gasteiger partial charge in [-0.25, -0.2) is 0 Å². The van der Waals surface area contributed by atoms with Gasteiger partial charge in [0.2, 0.25) is 0 Å². The minimum absolute atomic E-state index is 0.0900. The summed E-state index contributed by atoms with van der Waals surface area (Å²) in [4.78, 5) is 0. The van der Waals surface area contributed by atoms with Crippen molar-refractivity contribution in [3.05, 3.63) is 0 Å². The molecule has 0 spiro atoms. The van der Waals surface area contributed by atoms with E-state index in [1.54, 1.807) is 7.11 Å². The Morgan fingerprint density at radius 1 is 1.64 bits per heavy atom. The zero-order valence-electron chi connectivity index (χ0n) is 7.21. The zero-order valence-corrected chi connectivity index (χ0v) is 7.21. The van der Waals surface area contributed by atoms with Crippen molar-refractivity contribution >= 4 is 0 Å². The predicted octanol–water partition coefficient (Wildman–Crippen LogP) is 1.19. The van der Waals surface area contributed by atoms with Crippen molar-refractivity contribution in [2.24, 2.45) is 0 Å². The average Bonchev–Trinajstić information content (AvgIpc) is 2.03. The first-order valence-electron chi connectivity index (χ1n) is 3.86. The second kappa shape index (κ2) is 6.21. The lowest BCUT2D eigenvalue weighted by molar-refractivity contribution is -0.00483. The quantitative estimate of drug-likeness (QED) is 0.478. The van der Waals surface area contributed by atoms with Crippen molar-refractivity contribution in [3.8, 4) is 12.3 Å². The van der Waals surface area contributed by atoms with E-state index in [4.69, 9.17) is 11.2 Å². The van der Waals surface area contributed by atoms with Crippen LogP contribution in [0, 0.1) is 12.3 Å². The van der Waals surface area contributed by atoms with Crippen molar-refractivity contribution in [1.29, 1.82) is 0 Å². The number of hydrogen-bond acceptors (Lipinski definition) is 2. The third-order valence-electron chi connectivity index (χ3n) is 1.73. The van der Waals surface area contributed by atoms with Crippen LogP contribution in [-0.2, 0) is 4.74 Å². The van der Waals surface area contributed by atoms with Crippen molar-refractivity contribution < 1.29 is 9.84 Å². The molecule has 0 saturated heterocycles. The fraction of sp³-hybridized carbons (Fsp3) is 0.778. The monoisotopic (exact) mass is 156 g/mol. The molecule has 2 unspecified atom stereocenters. The molecule has 64 valence electrons. The Bertz CT molecular complexity index is 126. The van der Waals surface area contributed by atoms with E-state index in [-0.39, 0.29) is 12.2 Å². The fourth-order valence-electron chi connectivity index (χ4n) is 0.805. The molecule has 0 aliphatic carbocycles. The van der Waals surface area contributed by atoms with Crippen LogP contribution in [0.15, 0.2) is 0 Å². The molecule has 0 aliphatic rings. The molecule has 0 fully saturated rings. The van der Waals surface area contributed by atoms with Crippen LogP contribution in [0.1, 0.15) is 26.2 Å². The molecule has 1 N–H and O–H groups in total. The Kier molecular flexibility index (Phi) is 5.91. The molecule has 0 radical (unpaired) electrons. The van der Waals surface area contributed by atoms with Crippen LogP contribution >= 0.6 is 0 Å². The van der Waals surface area contributed by atoms with E-state index in [0.717, 1.165) is 19.3 Å². The maximum absolute atomic E-state index is 9.35. The number of ether oxygens (including phenoxy) is 1. The summed E-state index contributed by atoms with van der Waals surface area (Å²) in [5.74, 6) is 2.53. The molecule has 0 aromatic rings. The van der Waals surface area contributed by atoms with Crippen molar-refractivity contribution in [1.82, 2.24) is 0 Å². The van der Waals surface area contributed by atoms with E-state index in [9.17, 15) is 5.11 Å². The van der Waals surface area contributed by atoms with Gasteiger partial charge in [0.15, 0.2) is 0 Å². The Morgan fingerprint density at radius 3 is 2.73 bits per heavy atom. The van der Waals surface area contributed by atoms with Crippen molar-refractivity contribution in [3.63, 3.8) is 0 Å². The van der Waals surface area contributed by atoms with Crippen LogP contribution in [0.4, 0.5) is 0 Å². The highest BCUT2D eigenvalue weighted by atomic mass is 16.5. The maximum atomic E-state index is 9.35. The molecule has 0 amide bonds. The molecule has 0 aromatic carbocycles. The summed E-state index contributed by atoms with van der Waals surface area (Å²) in [5.41, 5.74) is 0. The highest BCUT2D eigenvalue weighted by Crippen LogP contribution is 2.06. The molecule has 0 bridgehead atoms. The Labute approximate surface area is 68.6 Å². The largest absolute Gasteiger partial charge is 0.390 e. The van der Waals surface area contributed by atoms with Crippen LogP contribution in [0.3, 0.4) is 0 Å². The summed E-state index contributed by atoms with van der Waals surface area (Å²) >= 11 is 0. The second-order valence-electron chi connectivity index (χ2n) is 2.60. The predicted molar refractivity (Wildman–Crippen MR) is 45.2 cm³/mol. The fourth-order valence-corrected chi connectivity index (χ4v) is 0.805. The summed E-state index contributed by atoms with van der Waals surface area (Å²) in [7, 11) is 1.59. The van der Waals surface area contributed by atoms with Gasteiger partial charge in [-0.3, -0.25) is 0 Å². The van der Waals surface area contributed by atoms with Gasteiger partial charge in [-0.05, 0) is 19.8 Å². The second-order valence-corrected chi connectivity index (χ2v) is 2.60. The normalized spacial score (nSPS) is 15.5. The molecule has 2 atom stereocenters. The molecular formula is C9H16O2. The molecule has 0 aliphatic heterocycles. The summed E-state index contributed by atoms with van der Waals surface area (Å²) in [6.07, 6.45) is 6.91. The highest BCUT2D eigenvalue weighted by molar-refractivity contribution is 4.83. The van der Waals surface area contributed by atoms with Crippen LogP contribution in [0.25, 0.3) is 0 Å². The van der Waals surface area contributed by atoms with Gasteiger partial charge in [0.25, 0.3) is 0 Å². The number of rotatable bonds is 5. The Morgan fingerprint density at radius 2 is 2.27 bits per heavy atom. The lowest BCUT2D eigenvalue weighted by Gasteiger charge is -2.16. The van der Waals surface area contributed by atoms with Gasteiger partial charge in [-0.1, -0.05) is 0 Å². The van der Waals surface area contributed by atoms with E-state index < -0.39 is 0 Å². The summed E-state index contributed by atoms with van der Waals surface area (Å²) in [6, 6.07) is 0. The molecule has 2 nitrogen and oxygen atoms in total. The topological polar surface area (TPSA) is 29.5 Å². The van der Waals surface area contributed by atoms with E-state index in [1.165, 1.54) is 0 Å². The van der Waals surface area contributed by atoms with E-state index in [0.29, 0.717) is 0 Å². The molecular weight excluding hydrogens is 140 g/mol. The standard InChI is InChI=1S/C9H16O2/c1-4-5-6-7-9(10)8(2)11-3/h1,8-10H,5-7H2,2-3H3. The molecule has 2 heteroatoms. The number of unbranched alkanes of at least 4 members (excludes halogenated alkanes) is 1. The first-order chi connectivity index (χ1) is 5.22. The summed E-state index contributed by atoms with van der Waals surface area (Å²) < 4.78 is 4.94. The van der Waals surface area contributed by atoms with Crippen LogP contribution in [0.5, 0.6) is 0 Å². The molecule has 0 heterocycles. The minimum Gasteiger partial charge on any atom is -0.390 e. The molecule has 0 saturated carbocycles. The SMILES string of the molecule is C#CCCCC(O)C(C)OC. The number of terminal acetylenes is 1. The van der Waals surface area contributed by atoms with Gasteiger partial charge in [0, 0.05) is 13.5 Å². The van der Waals surface area contributed by atoms with E-state index in [2.05, 4.69) is 5.92 Å². The molecule has 0 aromatic heterocycles. The number of hydrogen-bond donors (Lipinski definition) is 1. The van der Waals surface area contributed by atoms with Crippen LogP contribution < -0.4 is 0 Å². The van der Waals surface area contributed by atoms with Gasteiger partial charge in [0.05, 0.1) is 12.2 Å². The Balaban J connectivity index is 3.37. The molecule has 11 heavy (non-hydrogen) atoms. The van der Waals surface area contributed by atoms with Crippen molar-refractivity contribution in [2.75, 3.05) is 7.11 Å². The smallest absolute Gasteiger partial charge is 0.0802 e. The lowest BCUT2D eigenvalue weighted by atomic mass is 10.1. The first-order valence-corrected chi connectivity index (χ1v) is 3.86. The van der Waals surface area contributed by atoms with Gasteiger partial charge >= 0.3 is 0 Å². The van der Waals surface area contributed by atoms with Gasteiger partial charge < -0.3 is 9.84 Å². The van der Waals surface area contributed by atoms with Gasteiger partial charge in [0.1, 0.15) is 0 Å². The van der Waals surface area contributed by atoms with E-state index >= 15 is 0 Å². The highest BCUT2D eigenvalue weighted by Gasteiger charge is 2.11. The number of aliphatic hydroxyl groups excluding tert-OH is 1.